The number of pyridine rings is 1. The highest BCUT2D eigenvalue weighted by atomic mass is 19.4. The van der Waals surface area contributed by atoms with Crippen LogP contribution in [0.1, 0.15) is 11.1 Å². The summed E-state index contributed by atoms with van der Waals surface area (Å²) in [7, 11) is 0. The highest BCUT2D eigenvalue weighted by molar-refractivity contribution is 5.88. The number of nitrogens with two attached hydrogens (primary N) is 1. The molecule has 3 aromatic rings. The fourth-order valence-electron chi connectivity index (χ4n) is 2.34. The lowest BCUT2D eigenvalue weighted by molar-refractivity contribution is -0.137. The normalized spacial score (nSPS) is 12.0. The molecule has 6 heteroatoms. The van der Waals surface area contributed by atoms with Crippen molar-refractivity contribution in [3.63, 3.8) is 0 Å². The molecule has 0 spiro atoms. The van der Waals surface area contributed by atoms with Gasteiger partial charge in [0.15, 0.2) is 5.82 Å². The Bertz CT molecular complexity index is 819. The minimum atomic E-state index is -4.40. The summed E-state index contributed by atoms with van der Waals surface area (Å²) < 4.78 is 39.9. The van der Waals surface area contributed by atoms with Gasteiger partial charge in [-0.05, 0) is 24.6 Å². The van der Waals surface area contributed by atoms with Gasteiger partial charge < -0.3 is 5.73 Å². The quantitative estimate of drug-likeness (QED) is 0.738. The summed E-state index contributed by atoms with van der Waals surface area (Å²) in [6.07, 6.45) is -3.13. The average molecular weight is 291 g/mol. The number of alkyl halides is 3. The smallest absolute Gasteiger partial charge is 0.382 e. The van der Waals surface area contributed by atoms with Crippen molar-refractivity contribution in [3.8, 4) is 11.1 Å². The Morgan fingerprint density at radius 1 is 1.14 bits per heavy atom. The lowest BCUT2D eigenvalue weighted by Crippen LogP contribution is -2.05. The van der Waals surface area contributed by atoms with Crippen LogP contribution in [0.15, 0.2) is 42.6 Å². The number of hydrogen-bond donors (Lipinski definition) is 1. The first-order chi connectivity index (χ1) is 9.86. The molecule has 0 aliphatic heterocycles. The van der Waals surface area contributed by atoms with E-state index >= 15 is 0 Å². The summed E-state index contributed by atoms with van der Waals surface area (Å²) in [6.45, 7) is 1.91. The zero-order chi connectivity index (χ0) is 15.2. The molecule has 0 atom stereocenters. The lowest BCUT2D eigenvalue weighted by Gasteiger charge is -2.07. The van der Waals surface area contributed by atoms with Crippen LogP contribution in [0.4, 0.5) is 19.0 Å². The van der Waals surface area contributed by atoms with E-state index in [4.69, 9.17) is 5.73 Å². The van der Waals surface area contributed by atoms with Crippen molar-refractivity contribution in [3.05, 3.63) is 53.7 Å². The number of fused-ring (bicyclic) bond motifs is 1. The maximum Gasteiger partial charge on any atom is 0.416 e. The van der Waals surface area contributed by atoms with Gasteiger partial charge in [-0.15, -0.1) is 0 Å². The Labute approximate surface area is 118 Å². The fraction of sp³-hybridized carbons (Fsp3) is 0.133. The predicted octanol–water partition coefficient (Wildman–Crippen LogP) is 3.91. The molecule has 108 valence electrons. The Morgan fingerprint density at radius 3 is 2.57 bits per heavy atom. The number of aromatic nitrogens is 2. The maximum absolute atomic E-state index is 12.9. The average Bonchev–Trinajstić information content (AvgIpc) is 2.72. The lowest BCUT2D eigenvalue weighted by atomic mass is 10.0. The Morgan fingerprint density at radius 2 is 1.90 bits per heavy atom. The van der Waals surface area contributed by atoms with Crippen molar-refractivity contribution in [2.45, 2.75) is 13.1 Å². The third-order valence-electron chi connectivity index (χ3n) is 3.30. The minimum absolute atomic E-state index is 0.208. The molecule has 0 aliphatic carbocycles. The molecule has 0 saturated heterocycles. The van der Waals surface area contributed by atoms with E-state index in [1.165, 1.54) is 10.7 Å². The van der Waals surface area contributed by atoms with Crippen molar-refractivity contribution in [2.24, 2.45) is 0 Å². The van der Waals surface area contributed by atoms with Gasteiger partial charge in [0, 0.05) is 6.20 Å². The number of nitrogens with zero attached hydrogens (tertiary/aromatic N) is 2. The summed E-state index contributed by atoms with van der Waals surface area (Å²) in [5.74, 6) is 0.208. The molecule has 0 fully saturated rings. The first-order valence-electron chi connectivity index (χ1n) is 6.28. The third kappa shape index (κ3) is 2.33. The summed E-state index contributed by atoms with van der Waals surface area (Å²) in [5, 5.41) is 4.07. The first kappa shape index (κ1) is 13.5. The van der Waals surface area contributed by atoms with Gasteiger partial charge in [-0.2, -0.15) is 18.3 Å². The van der Waals surface area contributed by atoms with Gasteiger partial charge in [-0.1, -0.05) is 29.8 Å². The molecule has 21 heavy (non-hydrogen) atoms. The van der Waals surface area contributed by atoms with Crippen LogP contribution in [0.2, 0.25) is 0 Å². The van der Waals surface area contributed by atoms with E-state index in [2.05, 4.69) is 5.10 Å². The SMILES string of the molecule is Cc1cccc(-c2c(N)nn3ccc(C(F)(F)F)cc23)c1. The Hall–Kier alpha value is -2.50. The van der Waals surface area contributed by atoms with Gasteiger partial charge in [-0.25, -0.2) is 4.52 Å². The van der Waals surface area contributed by atoms with Gasteiger partial charge in [0.25, 0.3) is 0 Å². The molecule has 0 bridgehead atoms. The van der Waals surface area contributed by atoms with Gasteiger partial charge >= 0.3 is 6.18 Å². The highest BCUT2D eigenvalue weighted by Crippen LogP contribution is 2.35. The van der Waals surface area contributed by atoms with E-state index in [1.807, 2.05) is 25.1 Å². The molecular formula is C15H12F3N3. The van der Waals surface area contributed by atoms with Crippen molar-refractivity contribution < 1.29 is 13.2 Å². The highest BCUT2D eigenvalue weighted by Gasteiger charge is 2.31. The molecule has 3 rings (SSSR count). The van der Waals surface area contributed by atoms with Crippen molar-refractivity contribution in [1.82, 2.24) is 9.61 Å². The van der Waals surface area contributed by atoms with Gasteiger partial charge in [0.05, 0.1) is 16.6 Å². The van der Waals surface area contributed by atoms with Gasteiger partial charge in [-0.3, -0.25) is 0 Å². The second-order valence-corrected chi connectivity index (χ2v) is 4.87. The maximum atomic E-state index is 12.9. The molecule has 0 radical (unpaired) electrons. The molecular weight excluding hydrogens is 279 g/mol. The molecule has 2 aromatic heterocycles. The zero-order valence-electron chi connectivity index (χ0n) is 11.1. The van der Waals surface area contributed by atoms with E-state index in [0.717, 1.165) is 23.3 Å². The van der Waals surface area contributed by atoms with Crippen molar-refractivity contribution in [1.29, 1.82) is 0 Å². The monoisotopic (exact) mass is 291 g/mol. The Kier molecular flexibility index (Phi) is 2.90. The minimum Gasteiger partial charge on any atom is -0.382 e. The number of nitrogen functional groups attached to an aromatic ring is 1. The summed E-state index contributed by atoms with van der Waals surface area (Å²) >= 11 is 0. The molecule has 2 heterocycles. The Balaban J connectivity index is 2.29. The zero-order valence-corrected chi connectivity index (χ0v) is 11.1. The topological polar surface area (TPSA) is 43.3 Å². The van der Waals surface area contributed by atoms with E-state index in [1.54, 1.807) is 6.07 Å². The number of rotatable bonds is 1. The number of anilines is 1. The first-order valence-corrected chi connectivity index (χ1v) is 6.28. The molecule has 0 amide bonds. The molecule has 1 aromatic carbocycles. The van der Waals surface area contributed by atoms with Crippen LogP contribution in [-0.4, -0.2) is 9.61 Å². The fourth-order valence-corrected chi connectivity index (χ4v) is 2.34. The van der Waals surface area contributed by atoms with Crippen LogP contribution in [0.5, 0.6) is 0 Å². The third-order valence-corrected chi connectivity index (χ3v) is 3.30. The van der Waals surface area contributed by atoms with Crippen LogP contribution in [0.3, 0.4) is 0 Å². The van der Waals surface area contributed by atoms with Crippen LogP contribution >= 0.6 is 0 Å². The van der Waals surface area contributed by atoms with Crippen molar-refractivity contribution in [2.75, 3.05) is 5.73 Å². The second-order valence-electron chi connectivity index (χ2n) is 4.87. The molecule has 2 N–H and O–H groups in total. The molecule has 0 aliphatic rings. The van der Waals surface area contributed by atoms with Gasteiger partial charge in [0.1, 0.15) is 0 Å². The summed E-state index contributed by atoms with van der Waals surface area (Å²) in [4.78, 5) is 0. The molecule has 3 nitrogen and oxygen atoms in total. The number of halogens is 3. The summed E-state index contributed by atoms with van der Waals surface area (Å²) in [6, 6.07) is 9.47. The second kappa shape index (κ2) is 4.51. The van der Waals surface area contributed by atoms with E-state index in [0.29, 0.717) is 11.1 Å². The number of benzene rings is 1. The van der Waals surface area contributed by atoms with Crippen molar-refractivity contribution >= 4 is 11.3 Å². The van der Waals surface area contributed by atoms with E-state index in [9.17, 15) is 13.2 Å². The number of hydrogen-bond acceptors (Lipinski definition) is 2. The van der Waals surface area contributed by atoms with Gasteiger partial charge in [0.2, 0.25) is 0 Å². The van der Waals surface area contributed by atoms with E-state index in [-0.39, 0.29) is 5.82 Å². The van der Waals surface area contributed by atoms with Crippen LogP contribution in [0, 0.1) is 6.92 Å². The van der Waals surface area contributed by atoms with Crippen LogP contribution in [0.25, 0.3) is 16.6 Å². The number of aryl methyl sites for hydroxylation is 1. The largest absolute Gasteiger partial charge is 0.416 e. The summed E-state index contributed by atoms with van der Waals surface area (Å²) in [5.41, 5.74) is 7.77. The van der Waals surface area contributed by atoms with E-state index < -0.39 is 11.7 Å². The standard InChI is InChI=1S/C15H12F3N3/c1-9-3-2-4-10(7-9)13-12-8-11(15(16,17)18)5-6-21(12)20-14(13)19/h2-8H,1H3,(H2,19,20). The molecule has 0 saturated carbocycles. The van der Waals surface area contributed by atoms with Crippen LogP contribution in [-0.2, 0) is 6.18 Å². The predicted molar refractivity (Wildman–Crippen MR) is 74.8 cm³/mol. The van der Waals surface area contributed by atoms with Crippen LogP contribution < -0.4 is 5.73 Å². The molecule has 0 unspecified atom stereocenters.